The normalized spacial score (nSPS) is 20.6. The maximum Gasteiger partial charge on any atom is 0.305 e. The molecule has 0 aromatic carbocycles. The van der Waals surface area contributed by atoms with Gasteiger partial charge in [0.25, 0.3) is 0 Å². The van der Waals surface area contributed by atoms with Gasteiger partial charge in [0.05, 0.1) is 19.8 Å². The number of ether oxygens (including phenoxy) is 2. The van der Waals surface area contributed by atoms with E-state index in [4.69, 9.17) is 9.47 Å². The molecule has 0 bridgehead atoms. The molecular weight excluding hydrogens is 256 g/mol. The number of hydrogen-bond acceptors (Lipinski definition) is 5. The van der Waals surface area contributed by atoms with Crippen molar-refractivity contribution in [2.24, 2.45) is 11.0 Å². The molecule has 0 amide bonds. The Kier molecular flexibility index (Phi) is 8.26. The number of esters is 1. The summed E-state index contributed by atoms with van der Waals surface area (Å²) in [6.07, 6.45) is 7.69. The Bertz CT molecular complexity index is 307. The van der Waals surface area contributed by atoms with Crippen LogP contribution in [0.2, 0.25) is 0 Å². The lowest BCUT2D eigenvalue weighted by molar-refractivity contribution is -0.141. The van der Waals surface area contributed by atoms with E-state index in [0.717, 1.165) is 38.8 Å². The average molecular weight is 284 g/mol. The van der Waals surface area contributed by atoms with Crippen LogP contribution in [0.5, 0.6) is 0 Å². The highest BCUT2D eigenvalue weighted by Gasteiger charge is 2.22. The number of hydrogen-bond donors (Lipinski definition) is 0. The van der Waals surface area contributed by atoms with Gasteiger partial charge in [-0.25, -0.2) is 0 Å². The molecule has 1 aliphatic heterocycles. The highest BCUT2D eigenvalue weighted by atomic mass is 16.5. The molecule has 0 saturated carbocycles. The first kappa shape index (κ1) is 17.0. The van der Waals surface area contributed by atoms with Crippen LogP contribution >= 0.6 is 0 Å². The van der Waals surface area contributed by atoms with Crippen molar-refractivity contribution in [3.8, 4) is 0 Å². The molecule has 0 aromatic rings. The highest BCUT2D eigenvalue weighted by molar-refractivity contribution is 5.70. The predicted octanol–water partition coefficient (Wildman–Crippen LogP) is 2.45. The molecule has 0 aliphatic carbocycles. The molecular formula is C15H28N2O3. The van der Waals surface area contributed by atoms with Crippen molar-refractivity contribution in [3.05, 3.63) is 0 Å². The van der Waals surface area contributed by atoms with E-state index >= 15 is 0 Å². The zero-order valence-electron chi connectivity index (χ0n) is 13.0. The van der Waals surface area contributed by atoms with Crippen molar-refractivity contribution in [1.29, 1.82) is 0 Å². The third kappa shape index (κ3) is 5.90. The molecule has 5 heteroatoms. The van der Waals surface area contributed by atoms with E-state index in [2.05, 4.69) is 17.0 Å². The lowest BCUT2D eigenvalue weighted by atomic mass is 9.97. The molecule has 5 nitrogen and oxygen atoms in total. The lowest BCUT2D eigenvalue weighted by Gasteiger charge is -2.20. The van der Waals surface area contributed by atoms with Crippen LogP contribution in [0.1, 0.15) is 45.4 Å². The van der Waals surface area contributed by atoms with Gasteiger partial charge in [-0.2, -0.15) is 5.10 Å². The number of nitrogens with zero attached hydrogens (tertiary/aromatic N) is 2. The Morgan fingerprint density at radius 1 is 1.50 bits per heavy atom. The van der Waals surface area contributed by atoms with Crippen LogP contribution in [-0.4, -0.2) is 50.6 Å². The van der Waals surface area contributed by atoms with Gasteiger partial charge in [0, 0.05) is 26.3 Å². The maximum atomic E-state index is 11.4. The fraction of sp³-hybridized carbons (Fsp3) is 0.867. The highest BCUT2D eigenvalue weighted by Crippen LogP contribution is 2.19. The smallest absolute Gasteiger partial charge is 0.305 e. The van der Waals surface area contributed by atoms with Gasteiger partial charge in [0.1, 0.15) is 0 Å². The summed E-state index contributed by atoms with van der Waals surface area (Å²) in [5.41, 5.74) is 0. The van der Waals surface area contributed by atoms with Crippen molar-refractivity contribution < 1.29 is 14.3 Å². The fourth-order valence-electron chi connectivity index (χ4n) is 2.67. The molecule has 1 heterocycles. The van der Waals surface area contributed by atoms with Crippen molar-refractivity contribution >= 4 is 12.2 Å². The Balaban J connectivity index is 2.40. The quantitative estimate of drug-likeness (QED) is 0.482. The number of carbonyl (C=O) groups is 1. The second-order valence-corrected chi connectivity index (χ2v) is 5.38. The molecule has 116 valence electrons. The Morgan fingerprint density at radius 3 is 2.95 bits per heavy atom. The SMILES string of the molecule is CCC[C@H](C/C=N/N1CCC[C@H]1COC)CC(=O)OC. The zero-order chi connectivity index (χ0) is 14.8. The van der Waals surface area contributed by atoms with E-state index in [1.54, 1.807) is 7.11 Å². The third-order valence-corrected chi connectivity index (χ3v) is 3.75. The number of rotatable bonds is 9. The summed E-state index contributed by atoms with van der Waals surface area (Å²) < 4.78 is 9.96. The molecule has 1 saturated heterocycles. The van der Waals surface area contributed by atoms with Gasteiger partial charge >= 0.3 is 5.97 Å². The van der Waals surface area contributed by atoms with E-state index in [-0.39, 0.29) is 5.97 Å². The summed E-state index contributed by atoms with van der Waals surface area (Å²) in [5.74, 6) is 0.204. The molecule has 1 rings (SSSR count). The molecule has 1 aliphatic rings. The minimum Gasteiger partial charge on any atom is -0.469 e. The molecule has 0 N–H and O–H groups in total. The summed E-state index contributed by atoms with van der Waals surface area (Å²) in [7, 11) is 3.17. The van der Waals surface area contributed by atoms with Crippen LogP contribution in [0, 0.1) is 5.92 Å². The molecule has 0 radical (unpaired) electrons. The summed E-state index contributed by atoms with van der Waals surface area (Å²) in [6, 6.07) is 0.404. The van der Waals surface area contributed by atoms with Gasteiger partial charge < -0.3 is 9.47 Å². The predicted molar refractivity (Wildman–Crippen MR) is 79.7 cm³/mol. The summed E-state index contributed by atoms with van der Waals surface area (Å²) in [6.45, 7) is 3.87. The largest absolute Gasteiger partial charge is 0.469 e. The third-order valence-electron chi connectivity index (χ3n) is 3.75. The van der Waals surface area contributed by atoms with Crippen molar-refractivity contribution in [2.45, 2.75) is 51.5 Å². The van der Waals surface area contributed by atoms with Crippen molar-refractivity contribution in [2.75, 3.05) is 27.4 Å². The van der Waals surface area contributed by atoms with Gasteiger partial charge in [-0.3, -0.25) is 9.80 Å². The zero-order valence-corrected chi connectivity index (χ0v) is 13.0. The second kappa shape index (κ2) is 9.75. The average Bonchev–Trinajstić information content (AvgIpc) is 2.87. The van der Waals surface area contributed by atoms with Crippen LogP contribution < -0.4 is 0 Å². The van der Waals surface area contributed by atoms with Crippen LogP contribution in [-0.2, 0) is 14.3 Å². The Labute approximate surface area is 122 Å². The standard InChI is InChI=1S/C15H28N2O3/c1-4-6-13(11-15(18)20-3)8-9-16-17-10-5-7-14(17)12-19-2/h9,13-14H,4-8,10-12H2,1-3H3/b16-9+/t13-,14+/m1/s1. The van der Waals surface area contributed by atoms with Gasteiger partial charge in [-0.1, -0.05) is 13.3 Å². The molecule has 2 atom stereocenters. The minimum atomic E-state index is -0.129. The Hall–Kier alpha value is -1.10. The van der Waals surface area contributed by atoms with E-state index in [9.17, 15) is 4.79 Å². The van der Waals surface area contributed by atoms with Crippen LogP contribution in [0.15, 0.2) is 5.10 Å². The van der Waals surface area contributed by atoms with Crippen LogP contribution in [0.3, 0.4) is 0 Å². The number of hydrazone groups is 1. The van der Waals surface area contributed by atoms with Crippen molar-refractivity contribution in [1.82, 2.24) is 5.01 Å². The summed E-state index contributed by atoms with van der Waals surface area (Å²) in [5, 5.41) is 6.67. The summed E-state index contributed by atoms with van der Waals surface area (Å²) in [4.78, 5) is 11.4. The number of methoxy groups -OCH3 is 2. The molecule has 20 heavy (non-hydrogen) atoms. The second-order valence-electron chi connectivity index (χ2n) is 5.38. The molecule has 0 unspecified atom stereocenters. The van der Waals surface area contributed by atoms with Crippen LogP contribution in [0.25, 0.3) is 0 Å². The Morgan fingerprint density at radius 2 is 2.30 bits per heavy atom. The van der Waals surface area contributed by atoms with E-state index in [1.807, 2.05) is 6.21 Å². The lowest BCUT2D eigenvalue weighted by Crippen LogP contribution is -2.28. The topological polar surface area (TPSA) is 51.1 Å². The monoisotopic (exact) mass is 284 g/mol. The first-order chi connectivity index (χ1) is 9.71. The number of carbonyl (C=O) groups excluding carboxylic acids is 1. The molecule has 0 aromatic heterocycles. The van der Waals surface area contributed by atoms with Gasteiger partial charge in [-0.05, 0) is 31.6 Å². The fourth-order valence-corrected chi connectivity index (χ4v) is 2.67. The molecule has 0 spiro atoms. The first-order valence-corrected chi connectivity index (χ1v) is 7.56. The van der Waals surface area contributed by atoms with Gasteiger partial charge in [-0.15, -0.1) is 0 Å². The molecule has 1 fully saturated rings. The van der Waals surface area contributed by atoms with E-state index < -0.39 is 0 Å². The van der Waals surface area contributed by atoms with Crippen molar-refractivity contribution in [3.63, 3.8) is 0 Å². The van der Waals surface area contributed by atoms with Gasteiger partial charge in [0.15, 0.2) is 0 Å². The summed E-state index contributed by atoms with van der Waals surface area (Å²) >= 11 is 0. The van der Waals surface area contributed by atoms with Gasteiger partial charge in [0.2, 0.25) is 0 Å². The maximum absolute atomic E-state index is 11.4. The van der Waals surface area contributed by atoms with Crippen LogP contribution in [0.4, 0.5) is 0 Å². The minimum absolute atomic E-state index is 0.129. The first-order valence-electron chi connectivity index (χ1n) is 7.56. The van der Waals surface area contributed by atoms with E-state index in [0.29, 0.717) is 18.4 Å². The van der Waals surface area contributed by atoms with E-state index in [1.165, 1.54) is 13.5 Å².